The van der Waals surface area contributed by atoms with Gasteiger partial charge in [-0.05, 0) is 47.6 Å². The smallest absolute Gasteiger partial charge is 0.301 e. The van der Waals surface area contributed by atoms with Crippen LogP contribution in [0, 0.1) is 11.8 Å². The molecule has 24 heavy (non-hydrogen) atoms. The fourth-order valence-electron chi connectivity index (χ4n) is 2.99. The highest BCUT2D eigenvalue weighted by molar-refractivity contribution is 6.06. The van der Waals surface area contributed by atoms with Crippen molar-refractivity contribution in [1.29, 1.82) is 0 Å². The predicted octanol–water partition coefficient (Wildman–Crippen LogP) is 4.32. The van der Waals surface area contributed by atoms with E-state index >= 15 is 0 Å². The second-order valence-corrected chi connectivity index (χ2v) is 7.27. The summed E-state index contributed by atoms with van der Waals surface area (Å²) in [6, 6.07) is 16.3. The van der Waals surface area contributed by atoms with Gasteiger partial charge in [-0.1, -0.05) is 57.0 Å². The minimum absolute atomic E-state index is 0.123. The number of carbonyl (C=O) groups is 1. The van der Waals surface area contributed by atoms with Crippen molar-refractivity contribution in [3.8, 4) is 11.8 Å². The van der Waals surface area contributed by atoms with Crippen LogP contribution in [0.2, 0.25) is 0 Å². The highest BCUT2D eigenvalue weighted by atomic mass is 16.2. The van der Waals surface area contributed by atoms with Crippen molar-refractivity contribution in [2.75, 3.05) is 11.4 Å². The Kier molecular flexibility index (Phi) is 4.44. The van der Waals surface area contributed by atoms with Gasteiger partial charge in [0, 0.05) is 23.7 Å². The summed E-state index contributed by atoms with van der Waals surface area (Å²) in [7, 11) is 0. The molecule has 122 valence electrons. The van der Waals surface area contributed by atoms with Crippen LogP contribution in [0.4, 0.5) is 5.69 Å². The molecule has 0 N–H and O–H groups in total. The molecular formula is C22H23NO. The van der Waals surface area contributed by atoms with Crippen LogP contribution in [0.3, 0.4) is 0 Å². The van der Waals surface area contributed by atoms with Gasteiger partial charge in [0.2, 0.25) is 0 Å². The molecule has 1 aliphatic heterocycles. The second-order valence-electron chi connectivity index (χ2n) is 7.27. The zero-order valence-corrected chi connectivity index (χ0v) is 14.6. The molecule has 1 amide bonds. The summed E-state index contributed by atoms with van der Waals surface area (Å²) >= 11 is 0. The first kappa shape index (κ1) is 16.3. The Morgan fingerprint density at radius 1 is 1.04 bits per heavy atom. The maximum absolute atomic E-state index is 12.5. The van der Waals surface area contributed by atoms with Crippen LogP contribution >= 0.6 is 0 Å². The fourth-order valence-corrected chi connectivity index (χ4v) is 2.99. The van der Waals surface area contributed by atoms with Crippen molar-refractivity contribution in [2.24, 2.45) is 0 Å². The van der Waals surface area contributed by atoms with Gasteiger partial charge in [0.15, 0.2) is 0 Å². The zero-order chi connectivity index (χ0) is 17.2. The number of carbonyl (C=O) groups excluding carboxylic acids is 1. The average Bonchev–Trinajstić information content (AvgIpc) is 2.59. The molecule has 0 radical (unpaired) electrons. The standard InChI is InChI=1S/C22H23NO/c1-22(2,3)19-13-10-17(11-14-19)12-15-21(24)23-16-6-8-18-7-4-5-9-20(18)23/h4-5,7,9-11,13-14H,6,8,16H2,1-3H3. The first-order valence-corrected chi connectivity index (χ1v) is 8.47. The van der Waals surface area contributed by atoms with Crippen LogP contribution in [0.1, 0.15) is 43.9 Å². The lowest BCUT2D eigenvalue weighted by Crippen LogP contribution is -2.34. The third-order valence-electron chi connectivity index (χ3n) is 4.42. The van der Waals surface area contributed by atoms with E-state index in [0.29, 0.717) is 0 Å². The molecule has 2 aromatic carbocycles. The lowest BCUT2D eigenvalue weighted by molar-refractivity contribution is -0.113. The molecule has 0 spiro atoms. The lowest BCUT2D eigenvalue weighted by atomic mass is 9.87. The summed E-state index contributed by atoms with van der Waals surface area (Å²) in [5, 5.41) is 0. The lowest BCUT2D eigenvalue weighted by Gasteiger charge is -2.27. The van der Waals surface area contributed by atoms with E-state index in [1.165, 1.54) is 11.1 Å². The van der Waals surface area contributed by atoms with E-state index in [1.54, 1.807) is 4.90 Å². The number of hydrogen-bond donors (Lipinski definition) is 0. The van der Waals surface area contributed by atoms with Gasteiger partial charge >= 0.3 is 5.91 Å². The molecule has 0 unspecified atom stereocenters. The molecular weight excluding hydrogens is 294 g/mol. The monoisotopic (exact) mass is 317 g/mol. The summed E-state index contributed by atoms with van der Waals surface area (Å²) < 4.78 is 0. The van der Waals surface area contributed by atoms with E-state index in [9.17, 15) is 4.79 Å². The Balaban J connectivity index is 1.78. The van der Waals surface area contributed by atoms with Gasteiger partial charge < -0.3 is 4.90 Å². The maximum Gasteiger partial charge on any atom is 0.303 e. The van der Waals surface area contributed by atoms with E-state index < -0.39 is 0 Å². The first-order chi connectivity index (χ1) is 11.4. The van der Waals surface area contributed by atoms with Gasteiger partial charge in [-0.2, -0.15) is 0 Å². The zero-order valence-electron chi connectivity index (χ0n) is 14.6. The van der Waals surface area contributed by atoms with Crippen molar-refractivity contribution >= 4 is 11.6 Å². The highest BCUT2D eigenvalue weighted by Crippen LogP contribution is 2.26. The molecule has 0 aromatic heterocycles. The summed E-state index contributed by atoms with van der Waals surface area (Å²) in [6.45, 7) is 7.30. The molecule has 0 bridgehead atoms. The number of hydrogen-bond acceptors (Lipinski definition) is 1. The summed E-state index contributed by atoms with van der Waals surface area (Å²) in [4.78, 5) is 14.3. The number of amides is 1. The topological polar surface area (TPSA) is 20.3 Å². The molecule has 1 heterocycles. The van der Waals surface area contributed by atoms with Gasteiger partial charge in [-0.25, -0.2) is 0 Å². The molecule has 3 rings (SSSR count). The van der Waals surface area contributed by atoms with Crippen LogP contribution in [-0.2, 0) is 16.6 Å². The minimum atomic E-state index is -0.123. The molecule has 2 nitrogen and oxygen atoms in total. The Bertz CT molecular complexity index is 800. The van der Waals surface area contributed by atoms with Gasteiger partial charge in [-0.3, -0.25) is 4.79 Å². The second kappa shape index (κ2) is 6.53. The number of benzene rings is 2. The molecule has 2 heteroatoms. The van der Waals surface area contributed by atoms with Crippen LogP contribution in [0.25, 0.3) is 0 Å². The number of rotatable bonds is 0. The van der Waals surface area contributed by atoms with Crippen LogP contribution in [-0.4, -0.2) is 12.5 Å². The fraction of sp³-hybridized carbons (Fsp3) is 0.318. The number of para-hydroxylation sites is 1. The van der Waals surface area contributed by atoms with E-state index in [2.05, 4.69) is 50.8 Å². The average molecular weight is 317 g/mol. The van der Waals surface area contributed by atoms with Crippen LogP contribution in [0.5, 0.6) is 0 Å². The van der Waals surface area contributed by atoms with E-state index in [0.717, 1.165) is 30.6 Å². The minimum Gasteiger partial charge on any atom is -0.301 e. The van der Waals surface area contributed by atoms with Gasteiger partial charge in [0.05, 0.1) is 0 Å². The number of anilines is 1. The van der Waals surface area contributed by atoms with Crippen molar-refractivity contribution < 1.29 is 4.79 Å². The Morgan fingerprint density at radius 2 is 1.75 bits per heavy atom. The Labute approximate surface area is 144 Å². The molecule has 0 atom stereocenters. The largest absolute Gasteiger partial charge is 0.303 e. The van der Waals surface area contributed by atoms with Gasteiger partial charge in [0.1, 0.15) is 0 Å². The molecule has 1 aliphatic rings. The van der Waals surface area contributed by atoms with E-state index in [1.807, 2.05) is 30.3 Å². The molecule has 2 aromatic rings. The third-order valence-corrected chi connectivity index (χ3v) is 4.42. The quantitative estimate of drug-likeness (QED) is 0.663. The first-order valence-electron chi connectivity index (χ1n) is 8.47. The van der Waals surface area contributed by atoms with Crippen molar-refractivity contribution in [3.05, 3.63) is 65.2 Å². The van der Waals surface area contributed by atoms with Crippen LogP contribution < -0.4 is 4.90 Å². The molecule has 0 saturated heterocycles. The van der Waals surface area contributed by atoms with Gasteiger partial charge in [0.25, 0.3) is 0 Å². The normalized spacial score (nSPS) is 13.7. The Hall–Kier alpha value is -2.53. The van der Waals surface area contributed by atoms with E-state index in [4.69, 9.17) is 0 Å². The summed E-state index contributed by atoms with van der Waals surface area (Å²) in [6.07, 6.45) is 2.02. The number of aryl methyl sites for hydroxylation is 1. The number of nitrogens with zero attached hydrogens (tertiary/aromatic N) is 1. The highest BCUT2D eigenvalue weighted by Gasteiger charge is 2.20. The molecule has 0 fully saturated rings. The summed E-state index contributed by atoms with van der Waals surface area (Å²) in [5.41, 5.74) is 4.50. The van der Waals surface area contributed by atoms with Crippen LogP contribution in [0.15, 0.2) is 48.5 Å². The number of fused-ring (bicyclic) bond motifs is 1. The van der Waals surface area contributed by atoms with Crippen molar-refractivity contribution in [3.63, 3.8) is 0 Å². The molecule has 0 saturated carbocycles. The summed E-state index contributed by atoms with van der Waals surface area (Å²) in [5.74, 6) is 5.69. The Morgan fingerprint density at radius 3 is 2.46 bits per heavy atom. The SMILES string of the molecule is CC(C)(C)c1ccc(C#CC(=O)N2CCCc3ccccc32)cc1. The van der Waals surface area contributed by atoms with Crippen molar-refractivity contribution in [1.82, 2.24) is 0 Å². The van der Waals surface area contributed by atoms with Crippen molar-refractivity contribution in [2.45, 2.75) is 39.0 Å². The van der Waals surface area contributed by atoms with E-state index in [-0.39, 0.29) is 11.3 Å². The maximum atomic E-state index is 12.5. The van der Waals surface area contributed by atoms with Gasteiger partial charge in [-0.15, -0.1) is 0 Å². The third kappa shape index (κ3) is 3.51. The predicted molar refractivity (Wildman–Crippen MR) is 99.1 cm³/mol. The molecule has 0 aliphatic carbocycles.